The number of hydrogen-bond acceptors (Lipinski definition) is 3. The molecule has 0 heterocycles. The average molecular weight is 264 g/mol. The fourth-order valence-corrected chi connectivity index (χ4v) is 1.51. The number of carbonyl (C=O) groups is 2. The third kappa shape index (κ3) is 10.1. The van der Waals surface area contributed by atoms with Gasteiger partial charge in [-0.2, -0.15) is 10.9 Å². The van der Waals surface area contributed by atoms with Crippen LogP contribution < -0.4 is 10.6 Å². The SMILES string of the molecule is CCOCC(=O)NCCCCNC(=O)[SH](C)C. The van der Waals surface area contributed by atoms with Crippen LogP contribution in [-0.2, 0) is 9.53 Å². The molecule has 6 heteroatoms. The summed E-state index contributed by atoms with van der Waals surface area (Å²) < 4.78 is 4.96. The molecule has 0 aliphatic carbocycles. The number of ether oxygens (including phenoxy) is 1. The summed E-state index contributed by atoms with van der Waals surface area (Å²) in [6.45, 7) is 3.85. The first kappa shape index (κ1) is 16.2. The molecule has 0 aromatic heterocycles. The zero-order valence-corrected chi connectivity index (χ0v) is 11.8. The van der Waals surface area contributed by atoms with E-state index in [9.17, 15) is 9.59 Å². The van der Waals surface area contributed by atoms with Gasteiger partial charge in [-0.25, -0.2) is 0 Å². The van der Waals surface area contributed by atoms with E-state index < -0.39 is 10.9 Å². The van der Waals surface area contributed by atoms with Crippen LogP contribution in [0.3, 0.4) is 0 Å². The predicted molar refractivity (Wildman–Crippen MR) is 73.0 cm³/mol. The molecule has 2 N–H and O–H groups in total. The molecule has 0 aromatic rings. The number of amides is 2. The van der Waals surface area contributed by atoms with Crippen LogP contribution in [0.15, 0.2) is 0 Å². The molecule has 102 valence electrons. The summed E-state index contributed by atoms with van der Waals surface area (Å²) in [6, 6.07) is 0. The van der Waals surface area contributed by atoms with Gasteiger partial charge in [0.1, 0.15) is 6.61 Å². The van der Waals surface area contributed by atoms with Gasteiger partial charge < -0.3 is 15.4 Å². The van der Waals surface area contributed by atoms with Crippen LogP contribution in [0.2, 0.25) is 0 Å². The van der Waals surface area contributed by atoms with E-state index in [-0.39, 0.29) is 17.8 Å². The van der Waals surface area contributed by atoms with Crippen molar-refractivity contribution in [3.8, 4) is 0 Å². The van der Waals surface area contributed by atoms with Crippen LogP contribution in [-0.4, -0.2) is 50.0 Å². The van der Waals surface area contributed by atoms with E-state index >= 15 is 0 Å². The lowest BCUT2D eigenvalue weighted by molar-refractivity contribution is -0.125. The molecule has 0 rings (SSSR count). The Morgan fingerprint density at radius 1 is 1.12 bits per heavy atom. The smallest absolute Gasteiger partial charge is 0.258 e. The maximum atomic E-state index is 11.2. The highest BCUT2D eigenvalue weighted by atomic mass is 32.2. The Hall–Kier alpha value is -0.750. The first-order valence-corrected chi connectivity index (χ1v) is 8.11. The molecule has 0 fully saturated rings. The Morgan fingerprint density at radius 3 is 2.24 bits per heavy atom. The van der Waals surface area contributed by atoms with Crippen LogP contribution in [0.5, 0.6) is 0 Å². The first-order chi connectivity index (χ1) is 8.07. The summed E-state index contributed by atoms with van der Waals surface area (Å²) in [4.78, 5) is 22.4. The molecule has 0 spiro atoms. The molecule has 0 saturated carbocycles. The fourth-order valence-electron chi connectivity index (χ4n) is 1.08. The highest BCUT2D eigenvalue weighted by molar-refractivity contribution is 8.28. The summed E-state index contributed by atoms with van der Waals surface area (Å²) in [6.07, 6.45) is 5.60. The van der Waals surface area contributed by atoms with Crippen LogP contribution in [0.25, 0.3) is 0 Å². The van der Waals surface area contributed by atoms with Crippen LogP contribution in [0.4, 0.5) is 4.79 Å². The molecule has 0 saturated heterocycles. The fraction of sp³-hybridized carbons (Fsp3) is 0.818. The Labute approximate surface area is 106 Å². The molecule has 0 bridgehead atoms. The van der Waals surface area contributed by atoms with Gasteiger partial charge >= 0.3 is 0 Å². The Balaban J connectivity index is 3.29. The van der Waals surface area contributed by atoms with Gasteiger partial charge in [0.15, 0.2) is 0 Å². The lowest BCUT2D eigenvalue weighted by Gasteiger charge is -2.10. The zero-order chi connectivity index (χ0) is 13.1. The van der Waals surface area contributed by atoms with Crippen molar-refractivity contribution in [3.05, 3.63) is 0 Å². The maximum Gasteiger partial charge on any atom is 0.258 e. The summed E-state index contributed by atoms with van der Waals surface area (Å²) in [5.74, 6) is -0.0819. The molecule has 0 atom stereocenters. The highest BCUT2D eigenvalue weighted by Crippen LogP contribution is 2.12. The van der Waals surface area contributed by atoms with Gasteiger partial charge in [-0.15, -0.1) is 0 Å². The second kappa shape index (κ2) is 10.4. The summed E-state index contributed by atoms with van der Waals surface area (Å²) in [7, 11) is -0.540. The minimum atomic E-state index is -0.540. The van der Waals surface area contributed by atoms with E-state index in [0.29, 0.717) is 19.7 Å². The Bertz CT molecular complexity index is 235. The van der Waals surface area contributed by atoms with E-state index in [0.717, 1.165) is 12.8 Å². The van der Waals surface area contributed by atoms with E-state index in [1.165, 1.54) is 0 Å². The third-order valence-corrected chi connectivity index (χ3v) is 3.02. The Morgan fingerprint density at radius 2 is 1.71 bits per heavy atom. The number of thiol groups is 1. The summed E-state index contributed by atoms with van der Waals surface area (Å²) >= 11 is 0. The van der Waals surface area contributed by atoms with Gasteiger partial charge in [-0.1, -0.05) is 0 Å². The van der Waals surface area contributed by atoms with Crippen molar-refractivity contribution in [2.45, 2.75) is 19.8 Å². The topological polar surface area (TPSA) is 67.4 Å². The molecule has 0 aromatic carbocycles. The number of carbonyl (C=O) groups excluding carboxylic acids is 2. The lowest BCUT2D eigenvalue weighted by Crippen LogP contribution is -2.29. The van der Waals surface area contributed by atoms with Crippen molar-refractivity contribution in [1.82, 2.24) is 10.6 Å². The average Bonchev–Trinajstić information content (AvgIpc) is 2.30. The van der Waals surface area contributed by atoms with E-state index in [2.05, 4.69) is 10.6 Å². The third-order valence-electron chi connectivity index (χ3n) is 2.05. The van der Waals surface area contributed by atoms with Crippen LogP contribution in [0, 0.1) is 0 Å². The molecular formula is C11H24N2O3S. The summed E-state index contributed by atoms with van der Waals surface area (Å²) in [5, 5.41) is 5.75. The number of rotatable bonds is 8. The van der Waals surface area contributed by atoms with Gasteiger partial charge in [0, 0.05) is 19.7 Å². The summed E-state index contributed by atoms with van der Waals surface area (Å²) in [5.41, 5.74) is 0. The monoisotopic (exact) mass is 264 g/mol. The van der Waals surface area contributed by atoms with Crippen molar-refractivity contribution in [2.24, 2.45) is 0 Å². The molecule has 0 radical (unpaired) electrons. The first-order valence-electron chi connectivity index (χ1n) is 5.87. The highest BCUT2D eigenvalue weighted by Gasteiger charge is 2.02. The largest absolute Gasteiger partial charge is 0.372 e. The molecule has 0 unspecified atom stereocenters. The van der Waals surface area contributed by atoms with Gasteiger partial charge in [0.25, 0.3) is 5.24 Å². The van der Waals surface area contributed by atoms with Gasteiger partial charge in [0.2, 0.25) is 5.91 Å². The van der Waals surface area contributed by atoms with Gasteiger partial charge in [-0.3, -0.25) is 9.59 Å². The van der Waals surface area contributed by atoms with E-state index in [1.54, 1.807) is 0 Å². The van der Waals surface area contributed by atoms with E-state index in [4.69, 9.17) is 4.74 Å². The van der Waals surface area contributed by atoms with Crippen molar-refractivity contribution in [2.75, 3.05) is 38.8 Å². The van der Waals surface area contributed by atoms with E-state index in [1.807, 2.05) is 19.4 Å². The molecule has 17 heavy (non-hydrogen) atoms. The van der Waals surface area contributed by atoms with Crippen molar-refractivity contribution in [1.29, 1.82) is 0 Å². The lowest BCUT2D eigenvalue weighted by atomic mass is 10.3. The molecular weight excluding hydrogens is 240 g/mol. The quantitative estimate of drug-likeness (QED) is 0.450. The number of nitrogens with one attached hydrogen (secondary N) is 2. The predicted octanol–water partition coefficient (Wildman–Crippen LogP) is 0.890. The number of unbranched alkanes of at least 4 members (excludes halogenated alkanes) is 1. The van der Waals surface area contributed by atoms with Crippen molar-refractivity contribution in [3.63, 3.8) is 0 Å². The van der Waals surface area contributed by atoms with Crippen LogP contribution in [0.1, 0.15) is 19.8 Å². The number of hydrogen-bond donors (Lipinski definition) is 3. The minimum absolute atomic E-state index is 0.0819. The minimum Gasteiger partial charge on any atom is -0.372 e. The molecule has 0 aliphatic heterocycles. The molecule has 0 aliphatic rings. The van der Waals surface area contributed by atoms with Crippen molar-refractivity contribution >= 4 is 22.0 Å². The standard InChI is InChI=1S/C11H24N2O3S/c1-4-16-9-10(14)12-7-5-6-8-13-11(15)17(2)3/h17H,4-9H2,1-3H3,(H,12,14)(H,13,15). The second-order valence-electron chi connectivity index (χ2n) is 3.82. The van der Waals surface area contributed by atoms with Crippen molar-refractivity contribution < 1.29 is 14.3 Å². The molecule has 2 amide bonds. The van der Waals surface area contributed by atoms with Crippen LogP contribution >= 0.6 is 10.9 Å². The second-order valence-corrected chi connectivity index (χ2v) is 6.02. The zero-order valence-electron chi connectivity index (χ0n) is 10.9. The Kier molecular flexibility index (Phi) is 9.95. The maximum absolute atomic E-state index is 11.2. The van der Waals surface area contributed by atoms with Gasteiger partial charge in [-0.05, 0) is 32.3 Å². The molecule has 5 nitrogen and oxygen atoms in total. The normalized spacial score (nSPS) is 10.9. The van der Waals surface area contributed by atoms with Gasteiger partial charge in [0.05, 0.1) is 0 Å².